The molecule has 2 aromatic carbocycles. The Morgan fingerprint density at radius 3 is 2.20 bits per heavy atom. The van der Waals surface area contributed by atoms with Crippen molar-refractivity contribution in [1.29, 1.82) is 0 Å². The lowest BCUT2D eigenvalue weighted by Gasteiger charge is -2.07. The zero-order valence-corrected chi connectivity index (χ0v) is 12.1. The van der Waals surface area contributed by atoms with Gasteiger partial charge in [0.25, 0.3) is 0 Å². The molecule has 0 unspecified atom stereocenters. The molecule has 0 aliphatic rings. The highest BCUT2D eigenvalue weighted by Gasteiger charge is 2.05. The Kier molecular flexibility index (Phi) is 3.72. The fraction of sp³-hybridized carbons (Fsp3) is 0. The summed E-state index contributed by atoms with van der Waals surface area (Å²) in [7, 11) is 0. The van der Waals surface area contributed by atoms with Gasteiger partial charge in [-0.1, -0.05) is 53.5 Å². The van der Waals surface area contributed by atoms with Crippen molar-refractivity contribution in [3.8, 4) is 22.4 Å². The third-order valence-corrected chi connectivity index (χ3v) is 3.65. The van der Waals surface area contributed by atoms with Crippen molar-refractivity contribution in [3.05, 3.63) is 76.9 Å². The minimum Gasteiger partial charge on any atom is -0.256 e. The van der Waals surface area contributed by atoms with E-state index in [0.29, 0.717) is 10.0 Å². The molecule has 3 rings (SSSR count). The summed E-state index contributed by atoms with van der Waals surface area (Å²) in [4.78, 5) is 4.34. The van der Waals surface area contributed by atoms with Crippen LogP contribution in [0.25, 0.3) is 22.4 Å². The second-order valence-electron chi connectivity index (χ2n) is 4.42. The van der Waals surface area contributed by atoms with E-state index in [2.05, 4.69) is 4.98 Å². The molecule has 0 saturated heterocycles. The van der Waals surface area contributed by atoms with Crippen LogP contribution in [0.3, 0.4) is 0 Å². The SMILES string of the molecule is Clc1ccc(Cl)c(-c2ccc(-c3ccccn3)cc2)c1. The number of rotatable bonds is 2. The highest BCUT2D eigenvalue weighted by molar-refractivity contribution is 6.35. The normalized spacial score (nSPS) is 10.5. The van der Waals surface area contributed by atoms with Crippen molar-refractivity contribution >= 4 is 23.2 Å². The maximum absolute atomic E-state index is 6.22. The summed E-state index contributed by atoms with van der Waals surface area (Å²) >= 11 is 12.2. The van der Waals surface area contributed by atoms with Gasteiger partial charge in [0, 0.05) is 27.4 Å². The molecule has 20 heavy (non-hydrogen) atoms. The van der Waals surface area contributed by atoms with Gasteiger partial charge in [-0.2, -0.15) is 0 Å². The van der Waals surface area contributed by atoms with E-state index in [9.17, 15) is 0 Å². The van der Waals surface area contributed by atoms with Crippen LogP contribution in [-0.4, -0.2) is 4.98 Å². The van der Waals surface area contributed by atoms with E-state index in [-0.39, 0.29) is 0 Å². The van der Waals surface area contributed by atoms with Crippen molar-refractivity contribution in [1.82, 2.24) is 4.98 Å². The van der Waals surface area contributed by atoms with E-state index in [0.717, 1.165) is 22.4 Å². The fourth-order valence-corrected chi connectivity index (χ4v) is 2.47. The summed E-state index contributed by atoms with van der Waals surface area (Å²) in [6, 6.07) is 19.5. The molecule has 0 bridgehead atoms. The zero-order chi connectivity index (χ0) is 13.9. The molecule has 0 atom stereocenters. The molecule has 0 spiro atoms. The third-order valence-electron chi connectivity index (χ3n) is 3.08. The number of benzene rings is 2. The standard InChI is InChI=1S/C17H11Cl2N/c18-14-8-9-16(19)15(11-14)12-4-6-13(7-5-12)17-3-1-2-10-20-17/h1-11H. The van der Waals surface area contributed by atoms with Crippen molar-refractivity contribution in [2.24, 2.45) is 0 Å². The summed E-state index contributed by atoms with van der Waals surface area (Å²) in [5.74, 6) is 0. The average molecular weight is 300 g/mol. The molecule has 0 saturated carbocycles. The van der Waals surface area contributed by atoms with Gasteiger partial charge in [0.05, 0.1) is 5.69 Å². The van der Waals surface area contributed by atoms with Crippen LogP contribution in [0.4, 0.5) is 0 Å². The third kappa shape index (κ3) is 2.69. The van der Waals surface area contributed by atoms with Crippen LogP contribution in [0.2, 0.25) is 10.0 Å². The van der Waals surface area contributed by atoms with Crippen LogP contribution in [0, 0.1) is 0 Å². The Hall–Kier alpha value is -1.83. The highest BCUT2D eigenvalue weighted by Crippen LogP contribution is 2.31. The quantitative estimate of drug-likeness (QED) is 0.589. The molecule has 1 aromatic heterocycles. The van der Waals surface area contributed by atoms with Gasteiger partial charge in [-0.05, 0) is 35.9 Å². The molecule has 3 heteroatoms. The van der Waals surface area contributed by atoms with Gasteiger partial charge in [-0.15, -0.1) is 0 Å². The van der Waals surface area contributed by atoms with E-state index in [4.69, 9.17) is 23.2 Å². The monoisotopic (exact) mass is 299 g/mol. The fourth-order valence-electron chi connectivity index (χ4n) is 2.07. The van der Waals surface area contributed by atoms with E-state index in [1.807, 2.05) is 54.6 Å². The van der Waals surface area contributed by atoms with Crippen LogP contribution in [0.1, 0.15) is 0 Å². The summed E-state index contributed by atoms with van der Waals surface area (Å²) in [6.07, 6.45) is 1.79. The van der Waals surface area contributed by atoms with Crippen LogP contribution < -0.4 is 0 Å². The van der Waals surface area contributed by atoms with Crippen molar-refractivity contribution in [3.63, 3.8) is 0 Å². The zero-order valence-electron chi connectivity index (χ0n) is 10.6. The largest absolute Gasteiger partial charge is 0.256 e. The maximum Gasteiger partial charge on any atom is 0.0701 e. The molecule has 0 fully saturated rings. The van der Waals surface area contributed by atoms with Crippen molar-refractivity contribution < 1.29 is 0 Å². The summed E-state index contributed by atoms with van der Waals surface area (Å²) in [6.45, 7) is 0. The van der Waals surface area contributed by atoms with E-state index in [1.165, 1.54) is 0 Å². The van der Waals surface area contributed by atoms with Gasteiger partial charge in [-0.25, -0.2) is 0 Å². The smallest absolute Gasteiger partial charge is 0.0701 e. The number of hydrogen-bond acceptors (Lipinski definition) is 1. The van der Waals surface area contributed by atoms with Gasteiger partial charge >= 0.3 is 0 Å². The number of hydrogen-bond donors (Lipinski definition) is 0. The van der Waals surface area contributed by atoms with Crippen LogP contribution >= 0.6 is 23.2 Å². The number of aromatic nitrogens is 1. The van der Waals surface area contributed by atoms with E-state index >= 15 is 0 Å². The predicted octanol–water partition coefficient (Wildman–Crippen LogP) is 5.72. The molecule has 98 valence electrons. The molecule has 0 amide bonds. The molecule has 0 aliphatic heterocycles. The lowest BCUT2D eigenvalue weighted by molar-refractivity contribution is 1.33. The van der Waals surface area contributed by atoms with Gasteiger partial charge in [0.1, 0.15) is 0 Å². The summed E-state index contributed by atoms with van der Waals surface area (Å²) in [5, 5.41) is 1.37. The van der Waals surface area contributed by atoms with Gasteiger partial charge in [0.15, 0.2) is 0 Å². The molecule has 0 N–H and O–H groups in total. The van der Waals surface area contributed by atoms with Crippen molar-refractivity contribution in [2.75, 3.05) is 0 Å². The number of halogens is 2. The summed E-state index contributed by atoms with van der Waals surface area (Å²) in [5.41, 5.74) is 4.01. The highest BCUT2D eigenvalue weighted by atomic mass is 35.5. The first-order valence-electron chi connectivity index (χ1n) is 6.21. The van der Waals surface area contributed by atoms with Gasteiger partial charge < -0.3 is 0 Å². The van der Waals surface area contributed by atoms with Crippen molar-refractivity contribution in [2.45, 2.75) is 0 Å². The lowest BCUT2D eigenvalue weighted by Crippen LogP contribution is -1.83. The predicted molar refractivity (Wildman–Crippen MR) is 85.1 cm³/mol. The van der Waals surface area contributed by atoms with Crippen LogP contribution in [-0.2, 0) is 0 Å². The lowest BCUT2D eigenvalue weighted by atomic mass is 10.0. The second-order valence-corrected chi connectivity index (χ2v) is 5.26. The minimum absolute atomic E-state index is 0.679. The summed E-state index contributed by atoms with van der Waals surface area (Å²) < 4.78 is 0. The number of pyridine rings is 1. The Morgan fingerprint density at radius 1 is 0.750 bits per heavy atom. The average Bonchev–Trinajstić information content (AvgIpc) is 2.51. The minimum atomic E-state index is 0.679. The molecular formula is C17H11Cl2N. The first-order chi connectivity index (χ1) is 9.74. The molecule has 3 aromatic rings. The Balaban J connectivity index is 2.00. The Labute approximate surface area is 127 Å². The Bertz CT molecular complexity index is 722. The van der Waals surface area contributed by atoms with E-state index < -0.39 is 0 Å². The maximum atomic E-state index is 6.22. The topological polar surface area (TPSA) is 12.9 Å². The van der Waals surface area contributed by atoms with Crippen LogP contribution in [0.15, 0.2) is 66.9 Å². The molecule has 1 nitrogen and oxygen atoms in total. The molecule has 0 radical (unpaired) electrons. The number of nitrogens with zero attached hydrogens (tertiary/aromatic N) is 1. The molecule has 1 heterocycles. The first kappa shape index (κ1) is 13.2. The molecular weight excluding hydrogens is 289 g/mol. The first-order valence-corrected chi connectivity index (χ1v) is 6.96. The molecule has 0 aliphatic carbocycles. The van der Waals surface area contributed by atoms with Gasteiger partial charge in [-0.3, -0.25) is 4.98 Å². The van der Waals surface area contributed by atoms with E-state index in [1.54, 1.807) is 12.3 Å². The van der Waals surface area contributed by atoms with Crippen LogP contribution in [0.5, 0.6) is 0 Å². The second kappa shape index (κ2) is 5.66. The Morgan fingerprint density at radius 2 is 1.50 bits per heavy atom. The van der Waals surface area contributed by atoms with Gasteiger partial charge in [0.2, 0.25) is 0 Å².